The second-order valence-electron chi connectivity index (χ2n) is 6.07. The van der Waals surface area contributed by atoms with Crippen LogP contribution in [0.5, 0.6) is 0 Å². The maximum Gasteiger partial charge on any atom is 0.137 e. The van der Waals surface area contributed by atoms with E-state index in [9.17, 15) is 4.39 Å². The minimum atomic E-state index is -0.188. The first kappa shape index (κ1) is 14.0. The molecule has 1 aromatic carbocycles. The van der Waals surface area contributed by atoms with Crippen molar-refractivity contribution in [1.82, 2.24) is 5.32 Å². The van der Waals surface area contributed by atoms with Gasteiger partial charge in [-0.3, -0.25) is 0 Å². The molecular formula is C15H21BrFN. The highest BCUT2D eigenvalue weighted by Gasteiger charge is 2.23. The molecule has 1 aromatic rings. The molecule has 1 aliphatic carbocycles. The largest absolute Gasteiger partial charge is 0.314 e. The van der Waals surface area contributed by atoms with Crippen molar-refractivity contribution in [2.75, 3.05) is 6.54 Å². The van der Waals surface area contributed by atoms with E-state index in [1.54, 1.807) is 0 Å². The molecule has 0 aromatic heterocycles. The quantitative estimate of drug-likeness (QED) is 0.825. The molecule has 0 atom stereocenters. The van der Waals surface area contributed by atoms with Gasteiger partial charge < -0.3 is 5.32 Å². The van der Waals surface area contributed by atoms with Crippen molar-refractivity contribution in [3.63, 3.8) is 0 Å². The summed E-state index contributed by atoms with van der Waals surface area (Å²) in [6.07, 6.45) is 4.81. The number of rotatable bonds is 6. The number of halogens is 2. The maximum atomic E-state index is 13.2. The summed E-state index contributed by atoms with van der Waals surface area (Å²) in [6, 6.07) is 6.10. The monoisotopic (exact) mass is 313 g/mol. The fourth-order valence-electron chi connectivity index (χ4n) is 2.19. The van der Waals surface area contributed by atoms with E-state index < -0.39 is 0 Å². The highest BCUT2D eigenvalue weighted by Crippen LogP contribution is 2.28. The minimum absolute atomic E-state index is 0.188. The molecule has 0 amide bonds. The lowest BCUT2D eigenvalue weighted by Gasteiger charge is -2.25. The molecular weight excluding hydrogens is 293 g/mol. The van der Waals surface area contributed by atoms with Crippen LogP contribution >= 0.6 is 15.9 Å². The van der Waals surface area contributed by atoms with Crippen LogP contribution in [0.25, 0.3) is 0 Å². The summed E-state index contributed by atoms with van der Waals surface area (Å²) in [5.74, 6) is -0.188. The van der Waals surface area contributed by atoms with Gasteiger partial charge in [0.2, 0.25) is 0 Å². The van der Waals surface area contributed by atoms with Crippen molar-refractivity contribution in [1.29, 1.82) is 0 Å². The molecule has 1 saturated carbocycles. The van der Waals surface area contributed by atoms with E-state index in [-0.39, 0.29) is 11.2 Å². The summed E-state index contributed by atoms with van der Waals surface area (Å²) in [4.78, 5) is 0. The van der Waals surface area contributed by atoms with Crippen LogP contribution in [0.3, 0.4) is 0 Å². The lowest BCUT2D eigenvalue weighted by Crippen LogP contribution is -2.25. The molecule has 2 rings (SSSR count). The third kappa shape index (κ3) is 4.36. The molecule has 100 valence electrons. The molecule has 0 aliphatic heterocycles. The topological polar surface area (TPSA) is 12.0 Å². The maximum absolute atomic E-state index is 13.2. The minimum Gasteiger partial charge on any atom is -0.314 e. The SMILES string of the molecule is CC(C)(CCNC1CC1)Cc1ccc(F)c(Br)c1. The van der Waals surface area contributed by atoms with E-state index in [4.69, 9.17) is 0 Å². The van der Waals surface area contributed by atoms with E-state index >= 15 is 0 Å². The van der Waals surface area contributed by atoms with Crippen LogP contribution in [0.1, 0.15) is 38.7 Å². The standard InChI is InChI=1S/C15H21BrFN/c1-15(2,7-8-18-12-4-5-12)10-11-3-6-14(17)13(16)9-11/h3,6,9,12,18H,4-5,7-8,10H2,1-2H3. The number of hydrogen-bond donors (Lipinski definition) is 1. The molecule has 3 heteroatoms. The Bertz CT molecular complexity index is 413. The zero-order valence-electron chi connectivity index (χ0n) is 11.1. The molecule has 1 fully saturated rings. The van der Waals surface area contributed by atoms with Crippen molar-refractivity contribution in [2.24, 2.45) is 5.41 Å². The van der Waals surface area contributed by atoms with E-state index in [0.717, 1.165) is 25.4 Å². The molecule has 1 nitrogen and oxygen atoms in total. The molecule has 1 aliphatic rings. The molecule has 18 heavy (non-hydrogen) atoms. The third-order valence-electron chi connectivity index (χ3n) is 3.48. The van der Waals surface area contributed by atoms with Crippen LogP contribution in [-0.2, 0) is 6.42 Å². The summed E-state index contributed by atoms with van der Waals surface area (Å²) < 4.78 is 13.7. The van der Waals surface area contributed by atoms with E-state index in [1.807, 2.05) is 12.1 Å². The Morgan fingerprint density at radius 1 is 1.39 bits per heavy atom. The number of benzene rings is 1. The van der Waals surface area contributed by atoms with Gasteiger partial charge in [-0.15, -0.1) is 0 Å². The van der Waals surface area contributed by atoms with Crippen LogP contribution in [0, 0.1) is 11.2 Å². The fraction of sp³-hybridized carbons (Fsp3) is 0.600. The molecule has 0 saturated heterocycles. The van der Waals surface area contributed by atoms with Crippen LogP contribution in [0.15, 0.2) is 22.7 Å². The van der Waals surface area contributed by atoms with Crippen molar-refractivity contribution in [3.8, 4) is 0 Å². The Morgan fingerprint density at radius 2 is 2.11 bits per heavy atom. The van der Waals surface area contributed by atoms with Gasteiger partial charge in [0, 0.05) is 6.04 Å². The van der Waals surface area contributed by atoms with Crippen molar-refractivity contribution < 1.29 is 4.39 Å². The smallest absolute Gasteiger partial charge is 0.137 e. The van der Waals surface area contributed by atoms with Gasteiger partial charge in [-0.2, -0.15) is 0 Å². The van der Waals surface area contributed by atoms with Gasteiger partial charge in [-0.25, -0.2) is 4.39 Å². The van der Waals surface area contributed by atoms with Gasteiger partial charge in [0.25, 0.3) is 0 Å². The summed E-state index contributed by atoms with van der Waals surface area (Å²) in [6.45, 7) is 5.64. The molecule has 0 radical (unpaired) electrons. The first-order valence-corrected chi connectivity index (χ1v) is 7.43. The molecule has 0 spiro atoms. The summed E-state index contributed by atoms with van der Waals surface area (Å²) in [5, 5.41) is 3.55. The van der Waals surface area contributed by atoms with Crippen LogP contribution in [0.2, 0.25) is 0 Å². The van der Waals surface area contributed by atoms with E-state index in [2.05, 4.69) is 35.1 Å². The Labute approximate surface area is 117 Å². The van der Waals surface area contributed by atoms with Crippen molar-refractivity contribution in [2.45, 2.75) is 45.6 Å². The van der Waals surface area contributed by atoms with Crippen LogP contribution in [-0.4, -0.2) is 12.6 Å². The molecule has 0 heterocycles. The Kier molecular flexibility index (Phi) is 4.44. The Hall–Kier alpha value is -0.410. The number of nitrogens with one attached hydrogen (secondary N) is 1. The predicted octanol–water partition coefficient (Wildman–Crippen LogP) is 4.30. The summed E-state index contributed by atoms with van der Waals surface area (Å²) in [5.41, 5.74) is 1.44. The number of hydrogen-bond acceptors (Lipinski definition) is 1. The fourth-order valence-corrected chi connectivity index (χ4v) is 2.62. The molecule has 0 unspecified atom stereocenters. The van der Waals surface area contributed by atoms with Gasteiger partial charge in [0.05, 0.1) is 4.47 Å². The Balaban J connectivity index is 1.86. The third-order valence-corrected chi connectivity index (χ3v) is 4.09. The van der Waals surface area contributed by atoms with Gasteiger partial charge in [-0.05, 0) is 71.3 Å². The van der Waals surface area contributed by atoms with Crippen molar-refractivity contribution >= 4 is 15.9 Å². The molecule has 0 bridgehead atoms. The zero-order chi connectivity index (χ0) is 13.2. The normalized spacial score (nSPS) is 16.0. The lowest BCUT2D eigenvalue weighted by atomic mass is 9.82. The van der Waals surface area contributed by atoms with Gasteiger partial charge in [0.1, 0.15) is 5.82 Å². The van der Waals surface area contributed by atoms with Crippen molar-refractivity contribution in [3.05, 3.63) is 34.1 Å². The summed E-state index contributed by atoms with van der Waals surface area (Å²) in [7, 11) is 0. The average Bonchev–Trinajstić information content (AvgIpc) is 3.07. The van der Waals surface area contributed by atoms with E-state index in [0.29, 0.717) is 4.47 Å². The first-order valence-electron chi connectivity index (χ1n) is 6.64. The lowest BCUT2D eigenvalue weighted by molar-refractivity contribution is 0.325. The van der Waals surface area contributed by atoms with Gasteiger partial charge in [0.15, 0.2) is 0 Å². The van der Waals surface area contributed by atoms with Gasteiger partial charge in [-0.1, -0.05) is 19.9 Å². The van der Waals surface area contributed by atoms with Crippen LogP contribution < -0.4 is 5.32 Å². The first-order chi connectivity index (χ1) is 8.46. The highest BCUT2D eigenvalue weighted by molar-refractivity contribution is 9.10. The van der Waals surface area contributed by atoms with E-state index in [1.165, 1.54) is 24.5 Å². The summed E-state index contributed by atoms with van der Waals surface area (Å²) >= 11 is 3.25. The second-order valence-corrected chi connectivity index (χ2v) is 6.92. The highest BCUT2D eigenvalue weighted by atomic mass is 79.9. The van der Waals surface area contributed by atoms with Gasteiger partial charge >= 0.3 is 0 Å². The average molecular weight is 314 g/mol. The molecule has 1 N–H and O–H groups in total. The second kappa shape index (κ2) is 5.70. The predicted molar refractivity (Wildman–Crippen MR) is 77.2 cm³/mol. The zero-order valence-corrected chi connectivity index (χ0v) is 12.7. The Morgan fingerprint density at radius 3 is 2.72 bits per heavy atom. The van der Waals surface area contributed by atoms with Crippen LogP contribution in [0.4, 0.5) is 4.39 Å².